The molecule has 4 heterocycles. The molecule has 0 saturated carbocycles. The molecule has 0 radical (unpaired) electrons. The van der Waals surface area contributed by atoms with Gasteiger partial charge in [0.15, 0.2) is 0 Å². The van der Waals surface area contributed by atoms with Crippen molar-refractivity contribution < 1.29 is 32.7 Å². The van der Waals surface area contributed by atoms with Crippen molar-refractivity contribution in [1.29, 1.82) is 0 Å². The van der Waals surface area contributed by atoms with E-state index in [1.165, 1.54) is 0 Å². The molecule has 2 unspecified atom stereocenters. The monoisotopic (exact) mass is 413 g/mol. The van der Waals surface area contributed by atoms with E-state index in [1.54, 1.807) is 0 Å². The highest BCUT2D eigenvalue weighted by molar-refractivity contribution is 6.06. The third kappa shape index (κ3) is 4.52. The molecule has 4 fully saturated rings. The van der Waals surface area contributed by atoms with Crippen LogP contribution < -0.4 is 10.6 Å². The molecule has 158 valence electrons. The van der Waals surface area contributed by atoms with Gasteiger partial charge < -0.3 is 20.6 Å². The van der Waals surface area contributed by atoms with Crippen LogP contribution in [0.1, 0.15) is 24.3 Å². The number of nitrogens with zero attached hydrogens (tertiary/aromatic N) is 1. The van der Waals surface area contributed by atoms with E-state index in [0.717, 1.165) is 38.0 Å². The topological polar surface area (TPSA) is 98.7 Å². The molecule has 0 aromatic heterocycles. The lowest BCUT2D eigenvalue weighted by Crippen LogP contribution is -2.69. The van der Waals surface area contributed by atoms with Gasteiger partial charge in [0.2, 0.25) is 11.8 Å². The van der Waals surface area contributed by atoms with Crippen LogP contribution in [-0.2, 0) is 14.4 Å². The summed E-state index contributed by atoms with van der Waals surface area (Å²) in [7, 11) is 0. The van der Waals surface area contributed by atoms with Gasteiger partial charge in [-0.15, -0.1) is 0 Å². The molecule has 1 aromatic rings. The highest BCUT2D eigenvalue weighted by Gasteiger charge is 2.50. The number of hydrogen-bond donors (Lipinski definition) is 3. The van der Waals surface area contributed by atoms with Crippen LogP contribution in [0, 0.1) is 5.92 Å². The Balaban J connectivity index is 0.000000298. The number of hydrogen-bond acceptors (Lipinski definition) is 4. The van der Waals surface area contributed by atoms with Crippen LogP contribution in [0.5, 0.6) is 0 Å². The van der Waals surface area contributed by atoms with Crippen LogP contribution in [0.15, 0.2) is 30.3 Å². The van der Waals surface area contributed by atoms with Crippen molar-refractivity contribution in [3.05, 3.63) is 35.9 Å². The number of carbonyl (C=O) groups excluding carboxylic acids is 2. The molecule has 4 aliphatic rings. The van der Waals surface area contributed by atoms with Crippen LogP contribution >= 0.6 is 0 Å². The highest BCUT2D eigenvalue weighted by atomic mass is 19.4. The van der Waals surface area contributed by atoms with Gasteiger partial charge in [-0.2, -0.15) is 13.2 Å². The second-order valence-corrected chi connectivity index (χ2v) is 7.56. The number of nitrogens with one attached hydrogen (secondary N) is 2. The number of rotatable bonds is 1. The summed E-state index contributed by atoms with van der Waals surface area (Å²) in [6.07, 6.45) is -2.88. The smallest absolute Gasteiger partial charge is 0.475 e. The maximum atomic E-state index is 12.8. The Hall–Kier alpha value is -2.62. The zero-order valence-electron chi connectivity index (χ0n) is 15.5. The van der Waals surface area contributed by atoms with Gasteiger partial charge in [0.25, 0.3) is 0 Å². The number of carboxylic acids is 1. The van der Waals surface area contributed by atoms with Crippen molar-refractivity contribution in [3.8, 4) is 0 Å². The summed E-state index contributed by atoms with van der Waals surface area (Å²) in [4.78, 5) is 36.6. The number of alkyl halides is 3. The summed E-state index contributed by atoms with van der Waals surface area (Å²) in [6, 6.07) is 9.32. The second-order valence-electron chi connectivity index (χ2n) is 7.56. The summed E-state index contributed by atoms with van der Waals surface area (Å²) in [6.45, 7) is 3.62. The Bertz CT molecular complexity index is 779. The molecular weight excluding hydrogens is 391 g/mol. The standard InChI is InChI=1S/C17H21N3O2.C2HF3O2/c21-15-14(12-4-2-1-3-5-12)16(22)19-17(10-18-15)11-20-8-6-13(17)7-9-20;3-2(4,5)1(6)7/h1-5,13-14H,6-11H2,(H,18,21)(H,19,22);(H,6,7). The maximum Gasteiger partial charge on any atom is 0.490 e. The minimum atomic E-state index is -5.08. The number of carboxylic acid groups (broad SMARTS) is 1. The maximum absolute atomic E-state index is 12.8. The number of piperidine rings is 3. The Morgan fingerprint density at radius 1 is 1.10 bits per heavy atom. The minimum absolute atomic E-state index is 0.157. The molecule has 5 rings (SSSR count). The lowest BCUT2D eigenvalue weighted by Gasteiger charge is -2.53. The van der Waals surface area contributed by atoms with Crippen molar-refractivity contribution in [2.24, 2.45) is 5.92 Å². The molecule has 4 aliphatic heterocycles. The van der Waals surface area contributed by atoms with E-state index >= 15 is 0 Å². The zero-order chi connectivity index (χ0) is 21.2. The summed E-state index contributed by atoms with van der Waals surface area (Å²) in [5.74, 6) is -3.37. The minimum Gasteiger partial charge on any atom is -0.475 e. The van der Waals surface area contributed by atoms with Gasteiger partial charge in [-0.05, 0) is 37.4 Å². The third-order valence-corrected chi connectivity index (χ3v) is 5.72. The highest BCUT2D eigenvalue weighted by Crippen LogP contribution is 2.37. The number of fused-ring (bicyclic) bond motifs is 2. The quantitative estimate of drug-likeness (QED) is 0.600. The molecule has 4 saturated heterocycles. The summed E-state index contributed by atoms with van der Waals surface area (Å²) < 4.78 is 31.7. The van der Waals surface area contributed by atoms with Gasteiger partial charge in [-0.1, -0.05) is 30.3 Å². The fourth-order valence-electron chi connectivity index (χ4n) is 4.29. The van der Waals surface area contributed by atoms with Gasteiger partial charge in [0.05, 0.1) is 5.54 Å². The molecule has 7 nitrogen and oxygen atoms in total. The largest absolute Gasteiger partial charge is 0.490 e. The first-order chi connectivity index (χ1) is 13.6. The van der Waals surface area contributed by atoms with Gasteiger partial charge in [0, 0.05) is 13.1 Å². The molecule has 2 atom stereocenters. The number of carbonyl (C=O) groups is 3. The van der Waals surface area contributed by atoms with E-state index in [0.29, 0.717) is 12.5 Å². The fraction of sp³-hybridized carbons (Fsp3) is 0.526. The number of aliphatic carboxylic acids is 1. The Morgan fingerprint density at radius 3 is 2.17 bits per heavy atom. The Kier molecular flexibility index (Phi) is 5.83. The van der Waals surface area contributed by atoms with Crippen LogP contribution in [0.25, 0.3) is 0 Å². The molecule has 29 heavy (non-hydrogen) atoms. The van der Waals surface area contributed by atoms with Crippen LogP contribution in [-0.4, -0.2) is 65.7 Å². The molecule has 0 aliphatic carbocycles. The van der Waals surface area contributed by atoms with Crippen molar-refractivity contribution in [3.63, 3.8) is 0 Å². The number of halogens is 3. The van der Waals surface area contributed by atoms with Crippen molar-refractivity contribution >= 4 is 17.8 Å². The van der Waals surface area contributed by atoms with Gasteiger partial charge in [-0.3, -0.25) is 9.59 Å². The summed E-state index contributed by atoms with van der Waals surface area (Å²) >= 11 is 0. The van der Waals surface area contributed by atoms with Crippen LogP contribution in [0.2, 0.25) is 0 Å². The average Bonchev–Trinajstić information content (AvgIpc) is 2.79. The molecule has 2 amide bonds. The first kappa shape index (κ1) is 21.1. The first-order valence-electron chi connectivity index (χ1n) is 9.29. The van der Waals surface area contributed by atoms with E-state index in [4.69, 9.17) is 9.90 Å². The molecule has 1 aromatic carbocycles. The van der Waals surface area contributed by atoms with Crippen LogP contribution in [0.4, 0.5) is 13.2 Å². The lowest BCUT2D eigenvalue weighted by molar-refractivity contribution is -0.192. The second kappa shape index (κ2) is 8.02. The fourth-order valence-corrected chi connectivity index (χ4v) is 4.29. The summed E-state index contributed by atoms with van der Waals surface area (Å²) in [5, 5.41) is 13.4. The number of benzene rings is 1. The van der Waals surface area contributed by atoms with Crippen molar-refractivity contribution in [2.75, 3.05) is 26.2 Å². The molecule has 1 spiro atoms. The van der Waals surface area contributed by atoms with E-state index < -0.39 is 18.1 Å². The Morgan fingerprint density at radius 2 is 1.69 bits per heavy atom. The number of amides is 2. The Labute approximate surface area is 165 Å². The van der Waals surface area contributed by atoms with E-state index in [2.05, 4.69) is 15.5 Å². The predicted octanol–water partition coefficient (Wildman–Crippen LogP) is 1.11. The molecule has 2 bridgehead atoms. The first-order valence-corrected chi connectivity index (χ1v) is 9.29. The van der Waals surface area contributed by atoms with Crippen molar-refractivity contribution in [2.45, 2.75) is 30.5 Å². The summed E-state index contributed by atoms with van der Waals surface area (Å²) in [5.41, 5.74) is 0.475. The van der Waals surface area contributed by atoms with Crippen LogP contribution in [0.3, 0.4) is 0 Å². The molecular formula is C19H22F3N3O4. The van der Waals surface area contributed by atoms with E-state index in [-0.39, 0.29) is 17.4 Å². The molecule has 10 heteroatoms. The average molecular weight is 413 g/mol. The predicted molar refractivity (Wildman–Crippen MR) is 95.9 cm³/mol. The lowest BCUT2D eigenvalue weighted by atomic mass is 9.72. The van der Waals surface area contributed by atoms with E-state index in [1.807, 2.05) is 30.3 Å². The van der Waals surface area contributed by atoms with Gasteiger partial charge >= 0.3 is 12.1 Å². The third-order valence-electron chi connectivity index (χ3n) is 5.72. The zero-order valence-corrected chi connectivity index (χ0v) is 15.5. The van der Waals surface area contributed by atoms with E-state index in [9.17, 15) is 22.8 Å². The normalized spacial score (nSPS) is 31.2. The molecule has 3 N–H and O–H groups in total. The SMILES string of the molecule is O=C(O)C(F)(F)F.O=C1NCC2(CN3CCC2CC3)NC(=O)C1c1ccccc1. The van der Waals surface area contributed by atoms with Gasteiger partial charge in [-0.25, -0.2) is 4.79 Å². The van der Waals surface area contributed by atoms with Gasteiger partial charge in [0.1, 0.15) is 5.92 Å². The van der Waals surface area contributed by atoms with Crippen molar-refractivity contribution in [1.82, 2.24) is 15.5 Å².